The molecular weight excluding hydrogens is 216 g/mol. The summed E-state index contributed by atoms with van der Waals surface area (Å²) in [5.74, 6) is 0.273. The number of amides is 1. The summed E-state index contributed by atoms with van der Waals surface area (Å²) in [5, 5.41) is 3.69. The molecule has 17 heavy (non-hydrogen) atoms. The van der Waals surface area contributed by atoms with Gasteiger partial charge in [0.05, 0.1) is 5.60 Å². The topological polar surface area (TPSA) is 41.6 Å². The van der Waals surface area contributed by atoms with E-state index >= 15 is 0 Å². The molecule has 0 spiro atoms. The third-order valence-corrected chi connectivity index (χ3v) is 3.80. The average Bonchev–Trinajstić information content (AvgIpc) is 2.22. The van der Waals surface area contributed by atoms with Crippen LogP contribution in [0.3, 0.4) is 0 Å². The Balaban J connectivity index is 1.83. The van der Waals surface area contributed by atoms with Gasteiger partial charge in [-0.2, -0.15) is 0 Å². The number of nitrogens with one attached hydrogen (secondary N) is 1. The molecule has 2 aliphatic rings. The summed E-state index contributed by atoms with van der Waals surface area (Å²) in [6.07, 6.45) is 3.79. The Kier molecular flexibility index (Phi) is 3.73. The van der Waals surface area contributed by atoms with E-state index in [1.54, 1.807) is 0 Å². The summed E-state index contributed by atoms with van der Waals surface area (Å²) < 4.78 is 5.72. The van der Waals surface area contributed by atoms with Crippen LogP contribution >= 0.6 is 0 Å². The molecule has 0 radical (unpaired) electrons. The van der Waals surface area contributed by atoms with Gasteiger partial charge in [-0.25, -0.2) is 0 Å². The van der Waals surface area contributed by atoms with Gasteiger partial charge in [0.1, 0.15) is 0 Å². The minimum Gasteiger partial charge on any atom is -0.375 e. The second kappa shape index (κ2) is 4.94. The number of piperidine rings is 1. The molecule has 2 atom stereocenters. The van der Waals surface area contributed by atoms with Gasteiger partial charge < -0.3 is 15.0 Å². The standard InChI is InChI=1S/C13H24N2O2/c1-13(2)8-10(6-7-17-13)14-11-4-5-12(16)15(3)9-11/h10-11,14H,4-9H2,1-3H3. The van der Waals surface area contributed by atoms with E-state index in [1.807, 2.05) is 11.9 Å². The number of likely N-dealkylation sites (tertiary alicyclic amines) is 1. The van der Waals surface area contributed by atoms with Crippen LogP contribution in [0.1, 0.15) is 39.5 Å². The fraction of sp³-hybridized carbons (Fsp3) is 0.923. The maximum Gasteiger partial charge on any atom is 0.222 e. The Morgan fingerprint density at radius 2 is 2.12 bits per heavy atom. The molecule has 2 unspecified atom stereocenters. The molecule has 98 valence electrons. The summed E-state index contributed by atoms with van der Waals surface area (Å²) in [5.41, 5.74) is -0.00763. The van der Waals surface area contributed by atoms with Gasteiger partial charge in [-0.05, 0) is 33.1 Å². The SMILES string of the molecule is CN1CC(NC2CCOC(C)(C)C2)CCC1=O. The van der Waals surface area contributed by atoms with Gasteiger partial charge in [-0.3, -0.25) is 4.79 Å². The quantitative estimate of drug-likeness (QED) is 0.787. The highest BCUT2D eigenvalue weighted by Gasteiger charge is 2.31. The van der Waals surface area contributed by atoms with Gasteiger partial charge in [0.15, 0.2) is 0 Å². The monoisotopic (exact) mass is 240 g/mol. The van der Waals surface area contributed by atoms with Crippen LogP contribution in [0.5, 0.6) is 0 Å². The van der Waals surface area contributed by atoms with E-state index in [-0.39, 0.29) is 11.5 Å². The Morgan fingerprint density at radius 3 is 2.76 bits per heavy atom. The predicted octanol–water partition coefficient (Wildman–Crippen LogP) is 1.15. The van der Waals surface area contributed by atoms with Gasteiger partial charge in [0.2, 0.25) is 5.91 Å². The molecular formula is C13H24N2O2. The number of carbonyl (C=O) groups is 1. The lowest BCUT2D eigenvalue weighted by atomic mass is 9.92. The summed E-state index contributed by atoms with van der Waals surface area (Å²) in [6.45, 7) is 5.98. The van der Waals surface area contributed by atoms with Gasteiger partial charge in [0.25, 0.3) is 0 Å². The Hall–Kier alpha value is -0.610. The highest BCUT2D eigenvalue weighted by Crippen LogP contribution is 2.25. The zero-order valence-electron chi connectivity index (χ0n) is 11.2. The van der Waals surface area contributed by atoms with Crippen molar-refractivity contribution < 1.29 is 9.53 Å². The first-order chi connectivity index (χ1) is 7.96. The fourth-order valence-corrected chi connectivity index (χ4v) is 2.86. The van der Waals surface area contributed by atoms with Crippen molar-refractivity contribution in [3.8, 4) is 0 Å². The second-order valence-corrected chi connectivity index (χ2v) is 5.97. The van der Waals surface area contributed by atoms with E-state index in [0.29, 0.717) is 18.5 Å². The molecule has 2 fully saturated rings. The lowest BCUT2D eigenvalue weighted by Gasteiger charge is -2.39. The molecule has 0 aromatic rings. The number of likely N-dealkylation sites (N-methyl/N-ethyl adjacent to an activating group) is 1. The second-order valence-electron chi connectivity index (χ2n) is 5.97. The number of hydrogen-bond acceptors (Lipinski definition) is 3. The molecule has 1 N–H and O–H groups in total. The zero-order valence-corrected chi connectivity index (χ0v) is 11.2. The van der Waals surface area contributed by atoms with Crippen molar-refractivity contribution in [3.63, 3.8) is 0 Å². The van der Waals surface area contributed by atoms with E-state index in [1.165, 1.54) is 0 Å². The highest BCUT2D eigenvalue weighted by molar-refractivity contribution is 5.76. The summed E-state index contributed by atoms with van der Waals surface area (Å²) in [7, 11) is 1.89. The van der Waals surface area contributed by atoms with Crippen LogP contribution in [-0.2, 0) is 9.53 Å². The molecule has 2 heterocycles. The first-order valence-corrected chi connectivity index (χ1v) is 6.60. The van der Waals surface area contributed by atoms with Gasteiger partial charge in [-0.1, -0.05) is 0 Å². The maximum atomic E-state index is 11.4. The number of rotatable bonds is 2. The van der Waals surface area contributed by atoms with Crippen molar-refractivity contribution in [2.75, 3.05) is 20.2 Å². The Labute approximate surface area is 104 Å². The van der Waals surface area contributed by atoms with Crippen molar-refractivity contribution in [1.29, 1.82) is 0 Å². The predicted molar refractivity (Wildman–Crippen MR) is 66.8 cm³/mol. The lowest BCUT2D eigenvalue weighted by Crippen LogP contribution is -2.53. The molecule has 4 nitrogen and oxygen atoms in total. The molecule has 2 saturated heterocycles. The average molecular weight is 240 g/mol. The number of ether oxygens (including phenoxy) is 1. The smallest absolute Gasteiger partial charge is 0.222 e. The van der Waals surface area contributed by atoms with Crippen LogP contribution < -0.4 is 5.32 Å². The Morgan fingerprint density at radius 1 is 1.35 bits per heavy atom. The largest absolute Gasteiger partial charge is 0.375 e. The van der Waals surface area contributed by atoms with Gasteiger partial charge >= 0.3 is 0 Å². The molecule has 1 amide bonds. The van der Waals surface area contributed by atoms with Crippen LogP contribution in [0.15, 0.2) is 0 Å². The minimum absolute atomic E-state index is 0.00763. The van der Waals surface area contributed by atoms with E-state index in [2.05, 4.69) is 19.2 Å². The third kappa shape index (κ3) is 3.42. The van der Waals surface area contributed by atoms with Crippen LogP contribution in [0, 0.1) is 0 Å². The molecule has 0 bridgehead atoms. The van der Waals surface area contributed by atoms with E-state index in [9.17, 15) is 4.79 Å². The van der Waals surface area contributed by atoms with Crippen LogP contribution in [0.2, 0.25) is 0 Å². The maximum absolute atomic E-state index is 11.4. The van der Waals surface area contributed by atoms with Crippen molar-refractivity contribution in [1.82, 2.24) is 10.2 Å². The van der Waals surface area contributed by atoms with Gasteiger partial charge in [-0.15, -0.1) is 0 Å². The van der Waals surface area contributed by atoms with Crippen LogP contribution in [-0.4, -0.2) is 48.7 Å². The number of carbonyl (C=O) groups excluding carboxylic acids is 1. The van der Waals surface area contributed by atoms with Crippen molar-refractivity contribution >= 4 is 5.91 Å². The van der Waals surface area contributed by atoms with Crippen molar-refractivity contribution in [2.45, 2.75) is 57.2 Å². The molecule has 0 aromatic carbocycles. The number of hydrogen-bond donors (Lipinski definition) is 1. The summed E-state index contributed by atoms with van der Waals surface area (Å²) in [6, 6.07) is 0.988. The number of nitrogens with zero attached hydrogens (tertiary/aromatic N) is 1. The Bertz CT molecular complexity index is 291. The fourth-order valence-electron chi connectivity index (χ4n) is 2.86. The third-order valence-electron chi connectivity index (χ3n) is 3.80. The molecule has 0 saturated carbocycles. The van der Waals surface area contributed by atoms with Crippen LogP contribution in [0.4, 0.5) is 0 Å². The zero-order chi connectivity index (χ0) is 12.5. The van der Waals surface area contributed by atoms with Crippen molar-refractivity contribution in [2.24, 2.45) is 0 Å². The minimum atomic E-state index is -0.00763. The van der Waals surface area contributed by atoms with E-state index < -0.39 is 0 Å². The lowest BCUT2D eigenvalue weighted by molar-refractivity contribution is -0.132. The van der Waals surface area contributed by atoms with Gasteiger partial charge in [0, 0.05) is 38.7 Å². The molecule has 0 aromatic heterocycles. The summed E-state index contributed by atoms with van der Waals surface area (Å²) >= 11 is 0. The molecule has 0 aliphatic carbocycles. The first-order valence-electron chi connectivity index (χ1n) is 6.60. The van der Waals surface area contributed by atoms with Crippen molar-refractivity contribution in [3.05, 3.63) is 0 Å². The molecule has 4 heteroatoms. The highest BCUT2D eigenvalue weighted by atomic mass is 16.5. The first kappa shape index (κ1) is 12.8. The normalized spacial score (nSPS) is 33.8. The van der Waals surface area contributed by atoms with E-state index in [4.69, 9.17) is 4.74 Å². The summed E-state index contributed by atoms with van der Waals surface area (Å²) in [4.78, 5) is 13.3. The molecule has 2 rings (SSSR count). The molecule has 2 aliphatic heterocycles. The van der Waals surface area contributed by atoms with Crippen LogP contribution in [0.25, 0.3) is 0 Å². The van der Waals surface area contributed by atoms with E-state index in [0.717, 1.165) is 32.4 Å².